The minimum atomic E-state index is -3.02. The van der Waals surface area contributed by atoms with Gasteiger partial charge < -0.3 is 9.47 Å². The molecule has 1 aliphatic carbocycles. The minimum absolute atomic E-state index is 0.165. The second-order valence-electron chi connectivity index (χ2n) is 5.76. The molecule has 8 heteroatoms. The molecule has 0 amide bonds. The molecule has 0 saturated heterocycles. The van der Waals surface area contributed by atoms with E-state index < -0.39 is 18.0 Å². The van der Waals surface area contributed by atoms with E-state index in [1.165, 1.54) is 4.68 Å². The maximum atomic E-state index is 14.1. The van der Waals surface area contributed by atoms with Crippen molar-refractivity contribution >= 4 is 5.97 Å². The van der Waals surface area contributed by atoms with Gasteiger partial charge in [-0.1, -0.05) is 5.21 Å². The summed E-state index contributed by atoms with van der Waals surface area (Å²) in [4.78, 5) is 11.5. The predicted molar refractivity (Wildman–Crippen MR) is 73.4 cm³/mol. The molecule has 1 atom stereocenters. The van der Waals surface area contributed by atoms with Crippen LogP contribution >= 0.6 is 0 Å². The molecular formula is C14H21F2N3O3. The smallest absolute Gasteiger partial charge is 0.332 e. The fourth-order valence-corrected chi connectivity index (χ4v) is 2.49. The van der Waals surface area contributed by atoms with Crippen LogP contribution in [-0.4, -0.2) is 39.8 Å². The van der Waals surface area contributed by atoms with Gasteiger partial charge in [0.15, 0.2) is 5.69 Å². The Labute approximate surface area is 127 Å². The number of hydrogen-bond donors (Lipinski definition) is 0. The highest BCUT2D eigenvalue weighted by molar-refractivity contribution is 5.70. The highest BCUT2D eigenvalue weighted by Gasteiger charge is 2.40. The lowest BCUT2D eigenvalue weighted by Crippen LogP contribution is -2.28. The van der Waals surface area contributed by atoms with E-state index in [2.05, 4.69) is 10.3 Å². The van der Waals surface area contributed by atoms with E-state index >= 15 is 0 Å². The van der Waals surface area contributed by atoms with Crippen molar-refractivity contribution in [3.8, 4) is 0 Å². The number of alkyl halides is 2. The summed E-state index contributed by atoms with van der Waals surface area (Å²) in [5, 5.41) is 7.27. The first-order chi connectivity index (χ1) is 10.3. The SMILES string of the molecule is CC(C)OC(=O)COC1CCc2c(nnn2C)C(F)(F)CC1. The molecule has 0 saturated carbocycles. The van der Waals surface area contributed by atoms with E-state index in [1.54, 1.807) is 20.9 Å². The Morgan fingerprint density at radius 1 is 1.45 bits per heavy atom. The number of esters is 1. The second kappa shape index (κ2) is 6.68. The molecule has 6 nitrogen and oxygen atoms in total. The van der Waals surface area contributed by atoms with Gasteiger partial charge in [0, 0.05) is 13.5 Å². The van der Waals surface area contributed by atoms with Gasteiger partial charge in [0.05, 0.1) is 17.9 Å². The monoisotopic (exact) mass is 317 g/mol. The maximum absolute atomic E-state index is 14.1. The zero-order valence-electron chi connectivity index (χ0n) is 13.0. The van der Waals surface area contributed by atoms with Crippen LogP contribution in [0, 0.1) is 0 Å². The Bertz CT molecular complexity index is 531. The molecule has 124 valence electrons. The standard InChI is InChI=1S/C14H21F2N3O3/c1-9(2)22-12(20)8-21-10-4-5-11-13(17-18-19(11)3)14(15,16)7-6-10/h9-10H,4-8H2,1-3H3. The molecule has 22 heavy (non-hydrogen) atoms. The molecule has 0 aliphatic heterocycles. The Morgan fingerprint density at radius 3 is 2.86 bits per heavy atom. The van der Waals surface area contributed by atoms with E-state index in [0.29, 0.717) is 18.5 Å². The second-order valence-corrected chi connectivity index (χ2v) is 5.76. The van der Waals surface area contributed by atoms with Crippen LogP contribution in [0.3, 0.4) is 0 Å². The lowest BCUT2D eigenvalue weighted by molar-refractivity contribution is -0.155. The van der Waals surface area contributed by atoms with Crippen molar-refractivity contribution in [1.82, 2.24) is 15.0 Å². The molecule has 0 bridgehead atoms. The van der Waals surface area contributed by atoms with Crippen LogP contribution in [0.15, 0.2) is 0 Å². The topological polar surface area (TPSA) is 66.2 Å². The highest BCUT2D eigenvalue weighted by Crippen LogP contribution is 2.37. The summed E-state index contributed by atoms with van der Waals surface area (Å²) in [6.45, 7) is 3.27. The Kier molecular flexibility index (Phi) is 5.10. The molecule has 1 unspecified atom stereocenters. The number of rotatable bonds is 4. The number of aryl methyl sites for hydroxylation is 1. The summed E-state index contributed by atoms with van der Waals surface area (Å²) >= 11 is 0. The fraction of sp³-hybridized carbons (Fsp3) is 0.786. The maximum Gasteiger partial charge on any atom is 0.332 e. The van der Waals surface area contributed by atoms with Crippen molar-refractivity contribution in [2.75, 3.05) is 6.61 Å². The lowest BCUT2D eigenvalue weighted by Gasteiger charge is -2.24. The van der Waals surface area contributed by atoms with Gasteiger partial charge in [0.25, 0.3) is 5.92 Å². The quantitative estimate of drug-likeness (QED) is 0.794. The Balaban J connectivity index is 1.98. The molecule has 1 heterocycles. The number of ether oxygens (including phenoxy) is 2. The lowest BCUT2D eigenvalue weighted by atomic mass is 9.96. The van der Waals surface area contributed by atoms with Gasteiger partial charge in [0.1, 0.15) is 6.61 Å². The van der Waals surface area contributed by atoms with Crippen molar-refractivity contribution < 1.29 is 23.0 Å². The van der Waals surface area contributed by atoms with Gasteiger partial charge >= 0.3 is 5.97 Å². The van der Waals surface area contributed by atoms with Crippen molar-refractivity contribution in [2.45, 2.75) is 57.7 Å². The van der Waals surface area contributed by atoms with Crippen molar-refractivity contribution in [1.29, 1.82) is 0 Å². The van der Waals surface area contributed by atoms with Crippen LogP contribution in [0.2, 0.25) is 0 Å². The van der Waals surface area contributed by atoms with E-state index in [9.17, 15) is 13.6 Å². The number of nitrogens with zero attached hydrogens (tertiary/aromatic N) is 3. The van der Waals surface area contributed by atoms with Crippen LogP contribution in [0.1, 0.15) is 44.5 Å². The molecular weight excluding hydrogens is 296 g/mol. The number of aromatic nitrogens is 3. The molecule has 0 N–H and O–H groups in total. The van der Waals surface area contributed by atoms with Gasteiger partial charge in [-0.2, -0.15) is 8.78 Å². The van der Waals surface area contributed by atoms with Crippen LogP contribution in [0.5, 0.6) is 0 Å². The van der Waals surface area contributed by atoms with Crippen molar-refractivity contribution in [3.63, 3.8) is 0 Å². The number of carbonyl (C=O) groups excluding carboxylic acids is 1. The third-order valence-corrected chi connectivity index (χ3v) is 3.58. The molecule has 1 aromatic heterocycles. The first-order valence-corrected chi connectivity index (χ1v) is 7.37. The van der Waals surface area contributed by atoms with Crippen LogP contribution < -0.4 is 0 Å². The summed E-state index contributed by atoms with van der Waals surface area (Å²) in [6.07, 6.45) is 0.0903. The van der Waals surface area contributed by atoms with Crippen molar-refractivity contribution in [2.24, 2.45) is 7.05 Å². The first-order valence-electron chi connectivity index (χ1n) is 7.37. The third-order valence-electron chi connectivity index (χ3n) is 3.58. The zero-order valence-corrected chi connectivity index (χ0v) is 13.0. The first kappa shape index (κ1) is 16.8. The summed E-state index contributed by atoms with van der Waals surface area (Å²) in [5.41, 5.74) is 0.177. The van der Waals surface area contributed by atoms with Gasteiger partial charge in [-0.15, -0.1) is 5.10 Å². The summed E-state index contributed by atoms with van der Waals surface area (Å²) < 4.78 is 40.1. The number of fused-ring (bicyclic) bond motifs is 1. The molecule has 1 aliphatic rings. The van der Waals surface area contributed by atoms with E-state index in [1.807, 2.05) is 0 Å². The number of halogens is 2. The van der Waals surface area contributed by atoms with Gasteiger partial charge in [-0.25, -0.2) is 4.79 Å². The molecule has 1 aromatic rings. The molecule has 0 aromatic carbocycles. The molecule has 0 fully saturated rings. The van der Waals surface area contributed by atoms with Crippen molar-refractivity contribution in [3.05, 3.63) is 11.4 Å². The largest absolute Gasteiger partial charge is 0.461 e. The van der Waals surface area contributed by atoms with Crippen LogP contribution in [0.4, 0.5) is 8.78 Å². The minimum Gasteiger partial charge on any atom is -0.461 e. The van der Waals surface area contributed by atoms with E-state index in [0.717, 1.165) is 0 Å². The number of carbonyl (C=O) groups is 1. The van der Waals surface area contributed by atoms with Crippen LogP contribution in [-0.2, 0) is 33.7 Å². The van der Waals surface area contributed by atoms with Gasteiger partial charge in [0.2, 0.25) is 0 Å². The van der Waals surface area contributed by atoms with Gasteiger partial charge in [-0.05, 0) is 33.1 Å². The fourth-order valence-electron chi connectivity index (χ4n) is 2.49. The summed E-state index contributed by atoms with van der Waals surface area (Å²) in [7, 11) is 1.60. The molecule has 0 radical (unpaired) electrons. The van der Waals surface area contributed by atoms with E-state index in [-0.39, 0.29) is 31.2 Å². The number of hydrogen-bond acceptors (Lipinski definition) is 5. The zero-order chi connectivity index (χ0) is 16.3. The highest BCUT2D eigenvalue weighted by atomic mass is 19.3. The average Bonchev–Trinajstić information content (AvgIpc) is 2.77. The molecule has 0 spiro atoms. The normalized spacial score (nSPS) is 21.1. The Hall–Kier alpha value is -1.57. The third kappa shape index (κ3) is 4.00. The molecule has 2 rings (SSSR count). The summed E-state index contributed by atoms with van der Waals surface area (Å²) in [6, 6.07) is 0. The Morgan fingerprint density at radius 2 is 2.18 bits per heavy atom. The van der Waals surface area contributed by atoms with E-state index in [4.69, 9.17) is 9.47 Å². The summed E-state index contributed by atoms with van der Waals surface area (Å²) in [5.74, 6) is -3.50. The average molecular weight is 317 g/mol. The van der Waals surface area contributed by atoms with Crippen LogP contribution in [0.25, 0.3) is 0 Å². The van der Waals surface area contributed by atoms with Gasteiger partial charge in [-0.3, -0.25) is 4.68 Å². The predicted octanol–water partition coefficient (Wildman–Crippen LogP) is 1.97.